The molecule has 4 heteroatoms. The van der Waals surface area contributed by atoms with Gasteiger partial charge in [0.2, 0.25) is 0 Å². The molecule has 0 heterocycles. The molecule has 0 bridgehead atoms. The Morgan fingerprint density at radius 3 is 2.62 bits per heavy atom. The van der Waals surface area contributed by atoms with Crippen molar-refractivity contribution in [3.05, 3.63) is 0 Å². The molecule has 1 aliphatic carbocycles. The maximum absolute atomic E-state index is 9.18. The van der Waals surface area contributed by atoms with Crippen molar-refractivity contribution in [2.75, 3.05) is 32.8 Å². The third-order valence-corrected chi connectivity index (χ3v) is 3.20. The lowest BCUT2D eigenvalue weighted by atomic mass is 9.96. The summed E-state index contributed by atoms with van der Waals surface area (Å²) in [4.78, 5) is 2.21. The third-order valence-electron chi connectivity index (χ3n) is 3.20. The molecule has 0 radical (unpaired) electrons. The van der Waals surface area contributed by atoms with Crippen molar-refractivity contribution < 1.29 is 4.74 Å². The molecule has 0 aromatic carbocycles. The Morgan fingerprint density at radius 2 is 2.19 bits per heavy atom. The topological polar surface area (TPSA) is 62.3 Å². The van der Waals surface area contributed by atoms with Crippen LogP contribution in [-0.4, -0.2) is 43.3 Å². The zero-order valence-electron chi connectivity index (χ0n) is 10.4. The molecule has 0 aliphatic heterocycles. The summed E-state index contributed by atoms with van der Waals surface area (Å²) in [5, 5.41) is 9.18. The number of nitrogens with two attached hydrogens (primary N) is 1. The van der Waals surface area contributed by atoms with Crippen LogP contribution in [0, 0.1) is 17.2 Å². The normalized spacial score (nSPS) is 19.4. The van der Waals surface area contributed by atoms with E-state index in [9.17, 15) is 5.26 Å². The number of likely N-dealkylation sites (N-methyl/N-ethyl adjacent to an activating group) is 1. The first-order chi connectivity index (χ1) is 7.66. The Labute approximate surface area is 98.4 Å². The first-order valence-electron chi connectivity index (χ1n) is 6.16. The van der Waals surface area contributed by atoms with Gasteiger partial charge in [-0.15, -0.1) is 0 Å². The van der Waals surface area contributed by atoms with Crippen LogP contribution in [0.15, 0.2) is 0 Å². The molecule has 1 aliphatic rings. The highest BCUT2D eigenvalue weighted by molar-refractivity contribution is 5.14. The number of hydrogen-bond acceptors (Lipinski definition) is 4. The molecule has 1 saturated carbocycles. The Kier molecular flexibility index (Phi) is 5.20. The van der Waals surface area contributed by atoms with Crippen LogP contribution < -0.4 is 5.73 Å². The van der Waals surface area contributed by atoms with Crippen molar-refractivity contribution in [3.63, 3.8) is 0 Å². The minimum Gasteiger partial charge on any atom is -0.380 e. The highest BCUT2D eigenvalue weighted by atomic mass is 16.5. The van der Waals surface area contributed by atoms with Crippen molar-refractivity contribution >= 4 is 0 Å². The van der Waals surface area contributed by atoms with Gasteiger partial charge in [0.05, 0.1) is 12.7 Å². The summed E-state index contributed by atoms with van der Waals surface area (Å²) >= 11 is 0. The predicted octanol–water partition coefficient (Wildman–Crippen LogP) is 0.976. The van der Waals surface area contributed by atoms with Crippen molar-refractivity contribution in [2.45, 2.75) is 32.2 Å². The summed E-state index contributed by atoms with van der Waals surface area (Å²) in [5.41, 5.74) is 5.49. The maximum atomic E-state index is 9.18. The predicted molar refractivity (Wildman–Crippen MR) is 63.9 cm³/mol. The molecule has 4 nitrogen and oxygen atoms in total. The van der Waals surface area contributed by atoms with Crippen LogP contribution in [-0.2, 0) is 4.74 Å². The molecule has 0 saturated heterocycles. The smallest absolute Gasteiger partial charge is 0.119 e. The van der Waals surface area contributed by atoms with Crippen molar-refractivity contribution in [1.29, 1.82) is 5.26 Å². The van der Waals surface area contributed by atoms with E-state index in [1.807, 2.05) is 6.92 Å². The summed E-state index contributed by atoms with van der Waals surface area (Å²) in [5.74, 6) is 0.402. The molecule has 16 heavy (non-hydrogen) atoms. The van der Waals surface area contributed by atoms with Crippen LogP contribution in [0.2, 0.25) is 0 Å². The summed E-state index contributed by atoms with van der Waals surface area (Å²) in [6, 6.07) is 2.29. The van der Waals surface area contributed by atoms with E-state index in [-0.39, 0.29) is 0 Å². The Bertz CT molecular complexity index is 247. The number of nitrogens with zero attached hydrogens (tertiary/aromatic N) is 2. The van der Waals surface area contributed by atoms with Crippen molar-refractivity contribution in [1.82, 2.24) is 4.90 Å². The summed E-state index contributed by atoms with van der Waals surface area (Å²) in [6.45, 7) is 7.98. The minimum atomic E-state index is -0.651. The van der Waals surface area contributed by atoms with Gasteiger partial charge in [-0.25, -0.2) is 0 Å². The van der Waals surface area contributed by atoms with Crippen LogP contribution in [0.1, 0.15) is 26.7 Å². The SMILES string of the molecule is CCOCCN(CC)CC(N)(C#N)C1CC1. The van der Waals surface area contributed by atoms with Crippen molar-refractivity contribution in [3.8, 4) is 6.07 Å². The quantitative estimate of drug-likeness (QED) is 0.625. The Morgan fingerprint density at radius 1 is 1.50 bits per heavy atom. The van der Waals surface area contributed by atoms with Gasteiger partial charge in [0, 0.05) is 19.7 Å². The average molecular weight is 225 g/mol. The minimum absolute atomic E-state index is 0.402. The first kappa shape index (κ1) is 13.4. The zero-order chi connectivity index (χ0) is 12.0. The lowest BCUT2D eigenvalue weighted by Gasteiger charge is -2.29. The second-order valence-corrected chi connectivity index (χ2v) is 4.49. The molecule has 1 fully saturated rings. The lowest BCUT2D eigenvalue weighted by Crippen LogP contribution is -2.51. The second kappa shape index (κ2) is 6.19. The lowest BCUT2D eigenvalue weighted by molar-refractivity contribution is 0.107. The molecule has 0 aromatic rings. The van der Waals surface area contributed by atoms with Crippen LogP contribution in [0.4, 0.5) is 0 Å². The van der Waals surface area contributed by atoms with Crippen LogP contribution in [0.25, 0.3) is 0 Å². The van der Waals surface area contributed by atoms with E-state index in [1.54, 1.807) is 0 Å². The monoisotopic (exact) mass is 225 g/mol. The number of rotatable bonds is 8. The van der Waals surface area contributed by atoms with E-state index in [0.29, 0.717) is 12.5 Å². The second-order valence-electron chi connectivity index (χ2n) is 4.49. The highest BCUT2D eigenvalue weighted by Crippen LogP contribution is 2.38. The number of ether oxygens (including phenoxy) is 1. The van der Waals surface area contributed by atoms with E-state index in [1.165, 1.54) is 0 Å². The zero-order valence-corrected chi connectivity index (χ0v) is 10.4. The molecule has 1 rings (SSSR count). The van der Waals surface area contributed by atoms with E-state index in [4.69, 9.17) is 10.5 Å². The Hall–Kier alpha value is -0.630. The van der Waals surface area contributed by atoms with E-state index < -0.39 is 5.54 Å². The van der Waals surface area contributed by atoms with E-state index >= 15 is 0 Å². The molecule has 2 N–H and O–H groups in total. The fourth-order valence-electron chi connectivity index (χ4n) is 1.91. The van der Waals surface area contributed by atoms with Gasteiger partial charge in [0.25, 0.3) is 0 Å². The molecule has 0 spiro atoms. The Balaban J connectivity index is 2.38. The van der Waals surface area contributed by atoms with Crippen molar-refractivity contribution in [2.24, 2.45) is 11.7 Å². The van der Waals surface area contributed by atoms with Gasteiger partial charge in [-0.1, -0.05) is 6.92 Å². The molecule has 0 amide bonds. The first-order valence-corrected chi connectivity index (χ1v) is 6.16. The third kappa shape index (κ3) is 3.75. The van der Waals surface area contributed by atoms with E-state index in [0.717, 1.165) is 39.1 Å². The molecular weight excluding hydrogens is 202 g/mol. The molecule has 1 unspecified atom stereocenters. The largest absolute Gasteiger partial charge is 0.380 e. The molecule has 92 valence electrons. The van der Waals surface area contributed by atoms with Crippen LogP contribution in [0.3, 0.4) is 0 Å². The van der Waals surface area contributed by atoms with Gasteiger partial charge in [0.15, 0.2) is 0 Å². The van der Waals surface area contributed by atoms with Gasteiger partial charge in [-0.3, -0.25) is 4.90 Å². The average Bonchev–Trinajstić information content (AvgIpc) is 3.12. The number of nitriles is 1. The van der Waals surface area contributed by atoms with Gasteiger partial charge in [-0.2, -0.15) is 5.26 Å². The van der Waals surface area contributed by atoms with Crippen LogP contribution >= 0.6 is 0 Å². The number of hydrogen-bond donors (Lipinski definition) is 1. The molecule has 0 aromatic heterocycles. The maximum Gasteiger partial charge on any atom is 0.119 e. The summed E-state index contributed by atoms with van der Waals surface area (Å²) < 4.78 is 5.32. The van der Waals surface area contributed by atoms with Crippen LogP contribution in [0.5, 0.6) is 0 Å². The summed E-state index contributed by atoms with van der Waals surface area (Å²) in [6.07, 6.45) is 2.21. The summed E-state index contributed by atoms with van der Waals surface area (Å²) in [7, 11) is 0. The fraction of sp³-hybridized carbons (Fsp3) is 0.917. The molecular formula is C12H23N3O. The van der Waals surface area contributed by atoms with Gasteiger partial charge < -0.3 is 10.5 Å². The molecule has 1 atom stereocenters. The van der Waals surface area contributed by atoms with Gasteiger partial charge in [-0.05, 0) is 32.2 Å². The van der Waals surface area contributed by atoms with Gasteiger partial charge in [0.1, 0.15) is 5.54 Å². The fourth-order valence-corrected chi connectivity index (χ4v) is 1.91. The van der Waals surface area contributed by atoms with E-state index in [2.05, 4.69) is 17.9 Å². The highest BCUT2D eigenvalue weighted by Gasteiger charge is 2.43. The van der Waals surface area contributed by atoms with Gasteiger partial charge >= 0.3 is 0 Å². The standard InChI is InChI=1S/C12H23N3O/c1-3-15(7-8-16-4-2)10-12(14,9-13)11-5-6-11/h11H,3-8,10,14H2,1-2H3.